The van der Waals surface area contributed by atoms with E-state index in [1.165, 1.54) is 24.0 Å². The zero-order valence-electron chi connectivity index (χ0n) is 17.8. The summed E-state index contributed by atoms with van der Waals surface area (Å²) in [5.41, 5.74) is 9.91. The van der Waals surface area contributed by atoms with E-state index < -0.39 is 5.97 Å². The second-order valence-electron chi connectivity index (χ2n) is 9.04. The lowest BCUT2D eigenvalue weighted by Crippen LogP contribution is -2.23. The predicted molar refractivity (Wildman–Crippen MR) is 128 cm³/mol. The second kappa shape index (κ2) is 8.63. The van der Waals surface area contributed by atoms with E-state index in [1.807, 2.05) is 0 Å². The van der Waals surface area contributed by atoms with E-state index in [9.17, 15) is 9.90 Å². The molecular weight excluding hydrogens is 463 g/mol. The van der Waals surface area contributed by atoms with Crippen LogP contribution in [0.25, 0.3) is 6.08 Å². The number of rotatable bonds is 5. The number of nitrogens with one attached hydrogen (secondary N) is 1. The molecule has 3 heterocycles. The molecule has 5 rings (SSSR count). The standard InChI is InChI=1S/C24H24Cl2N4O3/c1-11-16(6-12-2-3-15-17(7-12)21(15)27)19-20(26)18(4-5-25)29-22(19)30-23(11)33-14-8-13(24(31)32)9-28-10-14/h4-5,8-10,12,15-17,21,29H,1-3,6-7,27H2,(H,31,32). The molecule has 5 unspecified atom stereocenters. The fourth-order valence-electron chi connectivity index (χ4n) is 5.32. The number of aromatic amines is 1. The van der Waals surface area contributed by atoms with Crippen LogP contribution in [-0.4, -0.2) is 33.0 Å². The van der Waals surface area contributed by atoms with Gasteiger partial charge in [-0.15, -0.1) is 0 Å². The number of pyridine rings is 1. The molecule has 0 spiro atoms. The highest BCUT2D eigenvalue weighted by molar-refractivity contribution is 6.34. The molecule has 1 aliphatic heterocycles. The summed E-state index contributed by atoms with van der Waals surface area (Å²) in [6.45, 7) is 4.30. The fraction of sp³-hybridized carbons (Fsp3) is 0.375. The third-order valence-electron chi connectivity index (χ3n) is 7.12. The number of H-pyrrole nitrogens is 1. The number of hydrogen-bond donors (Lipinski definition) is 3. The lowest BCUT2D eigenvalue weighted by atomic mass is 9.77. The van der Waals surface area contributed by atoms with Crippen LogP contribution in [-0.2, 0) is 0 Å². The number of aromatic nitrogens is 2. The SMILES string of the molecule is C=C1C(Oc2cncc(C(=O)O)c2)=Nc2[nH]c(C=CCl)c(Cl)c2C1CC1CCC2C(N)C2C1. The Morgan fingerprint density at radius 2 is 2.18 bits per heavy atom. The van der Waals surface area contributed by atoms with E-state index >= 15 is 0 Å². The molecule has 33 heavy (non-hydrogen) atoms. The smallest absolute Gasteiger partial charge is 0.337 e. The number of aliphatic imine (C=N–C) groups is 1. The monoisotopic (exact) mass is 486 g/mol. The van der Waals surface area contributed by atoms with Crippen molar-refractivity contribution in [3.8, 4) is 5.75 Å². The van der Waals surface area contributed by atoms with E-state index in [4.69, 9.17) is 33.7 Å². The molecule has 7 nitrogen and oxygen atoms in total. The Bertz CT molecular complexity index is 1190. The highest BCUT2D eigenvalue weighted by Crippen LogP contribution is 2.54. The van der Waals surface area contributed by atoms with E-state index in [0.717, 1.165) is 31.2 Å². The summed E-state index contributed by atoms with van der Waals surface area (Å²) in [6.07, 6.45) is 8.66. The minimum Gasteiger partial charge on any atom is -0.478 e. The van der Waals surface area contributed by atoms with Crippen LogP contribution in [0.2, 0.25) is 5.02 Å². The second-order valence-corrected chi connectivity index (χ2v) is 9.67. The Labute approximate surface area is 201 Å². The highest BCUT2D eigenvalue weighted by atomic mass is 35.5. The van der Waals surface area contributed by atoms with Crippen molar-refractivity contribution in [1.82, 2.24) is 9.97 Å². The predicted octanol–water partition coefficient (Wildman–Crippen LogP) is 5.50. The van der Waals surface area contributed by atoms with Crippen molar-refractivity contribution in [2.75, 3.05) is 0 Å². The minimum absolute atomic E-state index is 0.0294. The van der Waals surface area contributed by atoms with Crippen molar-refractivity contribution in [3.05, 3.63) is 58.0 Å². The van der Waals surface area contributed by atoms with Crippen LogP contribution in [0.1, 0.15) is 53.2 Å². The Kier molecular flexibility index (Phi) is 5.80. The molecule has 2 aromatic rings. The summed E-state index contributed by atoms with van der Waals surface area (Å²) < 4.78 is 5.99. The van der Waals surface area contributed by atoms with Gasteiger partial charge in [0.05, 0.1) is 22.5 Å². The van der Waals surface area contributed by atoms with Crippen LogP contribution < -0.4 is 10.5 Å². The van der Waals surface area contributed by atoms with Crippen LogP contribution in [0.15, 0.2) is 41.1 Å². The van der Waals surface area contributed by atoms with Crippen LogP contribution in [0.5, 0.6) is 5.75 Å². The first-order valence-electron chi connectivity index (χ1n) is 10.9. The molecular formula is C24H24Cl2N4O3. The fourth-order valence-corrected chi connectivity index (χ4v) is 5.78. The number of carboxylic acid groups (broad SMARTS) is 1. The maximum absolute atomic E-state index is 11.3. The first-order chi connectivity index (χ1) is 15.9. The van der Waals surface area contributed by atoms with Gasteiger partial charge in [-0.1, -0.05) is 36.2 Å². The molecule has 172 valence electrons. The van der Waals surface area contributed by atoms with Gasteiger partial charge in [0.1, 0.15) is 11.6 Å². The van der Waals surface area contributed by atoms with Gasteiger partial charge in [-0.2, -0.15) is 4.99 Å². The summed E-state index contributed by atoms with van der Waals surface area (Å²) in [5, 5.41) is 9.83. The van der Waals surface area contributed by atoms with Gasteiger partial charge in [0.25, 0.3) is 0 Å². The number of hydrogen-bond acceptors (Lipinski definition) is 5. The first kappa shape index (κ1) is 22.2. The molecule has 5 atom stereocenters. The molecule has 4 N–H and O–H groups in total. The zero-order chi connectivity index (χ0) is 23.3. The third kappa shape index (κ3) is 4.09. The summed E-state index contributed by atoms with van der Waals surface area (Å²) in [6, 6.07) is 1.75. The molecule has 0 bridgehead atoms. The van der Waals surface area contributed by atoms with Gasteiger partial charge in [0.15, 0.2) is 0 Å². The van der Waals surface area contributed by atoms with Crippen molar-refractivity contribution in [1.29, 1.82) is 0 Å². The lowest BCUT2D eigenvalue weighted by Gasteiger charge is -2.30. The molecule has 0 aromatic carbocycles. The third-order valence-corrected chi connectivity index (χ3v) is 7.66. The van der Waals surface area contributed by atoms with Crippen LogP contribution >= 0.6 is 23.2 Å². The van der Waals surface area contributed by atoms with Crippen molar-refractivity contribution >= 4 is 47.0 Å². The van der Waals surface area contributed by atoms with Crippen LogP contribution in [0, 0.1) is 17.8 Å². The number of carboxylic acids is 1. The molecule has 2 aromatic heterocycles. The van der Waals surface area contributed by atoms with Crippen molar-refractivity contribution < 1.29 is 14.6 Å². The highest BCUT2D eigenvalue weighted by Gasteiger charge is 2.51. The topological polar surface area (TPSA) is 114 Å². The molecule has 0 amide bonds. The Morgan fingerprint density at radius 1 is 1.36 bits per heavy atom. The summed E-state index contributed by atoms with van der Waals surface area (Å²) >= 11 is 12.5. The number of halogens is 2. The number of nitrogens with two attached hydrogens (primary N) is 1. The van der Waals surface area contributed by atoms with Gasteiger partial charge >= 0.3 is 5.97 Å². The Morgan fingerprint density at radius 3 is 2.91 bits per heavy atom. The molecule has 3 aliphatic rings. The molecule has 0 saturated heterocycles. The first-order valence-corrected chi connectivity index (χ1v) is 11.8. The average molecular weight is 487 g/mol. The molecule has 2 fully saturated rings. The van der Waals surface area contributed by atoms with E-state index in [1.54, 1.807) is 6.08 Å². The van der Waals surface area contributed by atoms with Gasteiger partial charge in [-0.3, -0.25) is 4.98 Å². The number of nitrogens with zero attached hydrogens (tertiary/aromatic N) is 2. The minimum atomic E-state index is -1.08. The van der Waals surface area contributed by atoms with E-state index in [-0.39, 0.29) is 17.2 Å². The van der Waals surface area contributed by atoms with Gasteiger partial charge in [-0.05, 0) is 49.2 Å². The Hall–Kier alpha value is -2.61. The van der Waals surface area contributed by atoms with E-state index in [0.29, 0.717) is 51.8 Å². The van der Waals surface area contributed by atoms with Crippen molar-refractivity contribution in [2.24, 2.45) is 28.5 Å². The van der Waals surface area contributed by atoms with Gasteiger partial charge in [0.2, 0.25) is 5.90 Å². The normalized spacial score (nSPS) is 28.3. The quantitative estimate of drug-likeness (QED) is 0.516. The molecule has 9 heteroatoms. The van der Waals surface area contributed by atoms with Gasteiger partial charge in [0, 0.05) is 34.8 Å². The number of aromatic carboxylic acids is 1. The molecule has 0 radical (unpaired) electrons. The van der Waals surface area contributed by atoms with Gasteiger partial charge < -0.3 is 20.6 Å². The van der Waals surface area contributed by atoms with Crippen LogP contribution in [0.4, 0.5) is 5.82 Å². The largest absolute Gasteiger partial charge is 0.478 e. The summed E-state index contributed by atoms with van der Waals surface area (Å²) in [5.74, 6) is 1.80. The van der Waals surface area contributed by atoms with Crippen LogP contribution in [0.3, 0.4) is 0 Å². The average Bonchev–Trinajstić information content (AvgIpc) is 3.33. The maximum atomic E-state index is 11.3. The maximum Gasteiger partial charge on any atom is 0.337 e. The summed E-state index contributed by atoms with van der Waals surface area (Å²) in [7, 11) is 0. The number of fused-ring (bicyclic) bond motifs is 2. The number of ether oxygens (including phenoxy) is 1. The van der Waals surface area contributed by atoms with E-state index in [2.05, 4.69) is 21.5 Å². The van der Waals surface area contributed by atoms with Gasteiger partial charge in [-0.25, -0.2) is 4.79 Å². The van der Waals surface area contributed by atoms with Crippen molar-refractivity contribution in [3.63, 3.8) is 0 Å². The number of carbonyl (C=O) groups is 1. The van der Waals surface area contributed by atoms with Crippen molar-refractivity contribution in [2.45, 2.75) is 37.6 Å². The molecule has 2 saturated carbocycles. The summed E-state index contributed by atoms with van der Waals surface area (Å²) in [4.78, 5) is 23.1. The molecule has 2 aliphatic carbocycles. The zero-order valence-corrected chi connectivity index (χ0v) is 19.3. The Balaban J connectivity index is 1.47. The lowest BCUT2D eigenvalue weighted by molar-refractivity contribution is 0.0696.